The van der Waals surface area contributed by atoms with Gasteiger partial charge in [-0.15, -0.1) is 0 Å². The summed E-state index contributed by atoms with van der Waals surface area (Å²) in [6.45, 7) is 2.33. The zero-order valence-corrected chi connectivity index (χ0v) is 16.1. The van der Waals surface area contributed by atoms with E-state index in [1.807, 2.05) is 61.5 Å². The van der Waals surface area contributed by atoms with E-state index in [-0.39, 0.29) is 5.91 Å². The summed E-state index contributed by atoms with van der Waals surface area (Å²) < 4.78 is 0. The van der Waals surface area contributed by atoms with Crippen LogP contribution < -0.4 is 5.32 Å². The number of nitrogens with one attached hydrogen (secondary N) is 1. The zero-order valence-electron chi connectivity index (χ0n) is 15.3. The third-order valence-electron chi connectivity index (χ3n) is 4.66. The predicted octanol–water partition coefficient (Wildman–Crippen LogP) is 5.19. The van der Waals surface area contributed by atoms with Crippen molar-refractivity contribution in [2.24, 2.45) is 0 Å². The van der Waals surface area contributed by atoms with Crippen molar-refractivity contribution in [1.82, 2.24) is 15.3 Å². The summed E-state index contributed by atoms with van der Waals surface area (Å²) in [7, 11) is 0. The first-order valence-electron chi connectivity index (χ1n) is 8.96. The van der Waals surface area contributed by atoms with E-state index in [0.717, 1.165) is 33.3 Å². The quantitative estimate of drug-likeness (QED) is 0.524. The van der Waals surface area contributed by atoms with Gasteiger partial charge in [0, 0.05) is 34.9 Å². The van der Waals surface area contributed by atoms with Crippen LogP contribution in [0.2, 0.25) is 5.02 Å². The molecule has 0 aliphatic rings. The van der Waals surface area contributed by atoms with Crippen LogP contribution in [-0.2, 0) is 6.54 Å². The lowest BCUT2D eigenvalue weighted by molar-refractivity contribution is 0.0952. The highest BCUT2D eigenvalue weighted by Crippen LogP contribution is 2.30. The molecule has 0 fully saturated rings. The van der Waals surface area contributed by atoms with E-state index in [1.54, 1.807) is 18.5 Å². The number of aryl methyl sites for hydroxylation is 1. The summed E-state index contributed by atoms with van der Waals surface area (Å²) in [5.41, 5.74) is 4.80. The molecule has 0 spiro atoms. The molecule has 0 radical (unpaired) electrons. The normalized spacial score (nSPS) is 10.8. The molecule has 2 heterocycles. The summed E-state index contributed by atoms with van der Waals surface area (Å²) in [5, 5.41) is 4.39. The van der Waals surface area contributed by atoms with Crippen LogP contribution in [0.1, 0.15) is 21.5 Å². The van der Waals surface area contributed by atoms with Crippen LogP contribution in [0.3, 0.4) is 0 Å². The second-order valence-corrected chi connectivity index (χ2v) is 6.94. The first kappa shape index (κ1) is 18.1. The molecule has 2 aromatic carbocycles. The average molecular weight is 388 g/mol. The Hall–Kier alpha value is -3.24. The lowest BCUT2D eigenvalue weighted by atomic mass is 10.0. The Bertz CT molecular complexity index is 1140. The number of amides is 1. The molecule has 0 aliphatic carbocycles. The SMILES string of the molecule is Cc1c(Cl)ccc2c(C(=O)NCc3cccnc3)cc(-c3ccccc3)nc12. The number of nitrogens with zero attached hydrogens (tertiary/aromatic N) is 2. The molecule has 2 aromatic heterocycles. The van der Waals surface area contributed by atoms with E-state index in [0.29, 0.717) is 17.1 Å². The third kappa shape index (κ3) is 3.59. The van der Waals surface area contributed by atoms with E-state index in [4.69, 9.17) is 16.6 Å². The number of hydrogen-bond donors (Lipinski definition) is 1. The van der Waals surface area contributed by atoms with Crippen molar-refractivity contribution >= 4 is 28.4 Å². The molecule has 1 N–H and O–H groups in total. The summed E-state index contributed by atoms with van der Waals surface area (Å²) in [4.78, 5) is 21.9. The van der Waals surface area contributed by atoms with E-state index < -0.39 is 0 Å². The summed E-state index contributed by atoms with van der Waals surface area (Å²) in [6.07, 6.45) is 3.45. The maximum atomic E-state index is 13.0. The molecule has 0 atom stereocenters. The van der Waals surface area contributed by atoms with Gasteiger partial charge >= 0.3 is 0 Å². The molecule has 1 amide bonds. The average Bonchev–Trinajstić information content (AvgIpc) is 2.75. The number of aromatic nitrogens is 2. The number of fused-ring (bicyclic) bond motifs is 1. The van der Waals surface area contributed by atoms with Gasteiger partial charge in [0.2, 0.25) is 0 Å². The van der Waals surface area contributed by atoms with Gasteiger partial charge in [-0.2, -0.15) is 0 Å². The van der Waals surface area contributed by atoms with Gasteiger partial charge in [-0.25, -0.2) is 4.98 Å². The van der Waals surface area contributed by atoms with Gasteiger partial charge in [-0.05, 0) is 36.2 Å². The highest BCUT2D eigenvalue weighted by atomic mass is 35.5. The van der Waals surface area contributed by atoms with Crippen LogP contribution in [0, 0.1) is 6.92 Å². The van der Waals surface area contributed by atoms with Gasteiger partial charge in [0.25, 0.3) is 5.91 Å². The summed E-state index contributed by atoms with van der Waals surface area (Å²) in [6, 6.07) is 19.1. The maximum absolute atomic E-state index is 13.0. The molecule has 4 nitrogen and oxygen atoms in total. The van der Waals surface area contributed by atoms with Gasteiger partial charge in [0.1, 0.15) is 0 Å². The van der Waals surface area contributed by atoms with Crippen molar-refractivity contribution < 1.29 is 4.79 Å². The minimum absolute atomic E-state index is 0.157. The Kier molecular flexibility index (Phi) is 5.04. The fourth-order valence-corrected chi connectivity index (χ4v) is 3.28. The van der Waals surface area contributed by atoms with Crippen molar-refractivity contribution in [2.45, 2.75) is 13.5 Å². The Labute approximate surface area is 168 Å². The molecule has 0 unspecified atom stereocenters. The second-order valence-electron chi connectivity index (χ2n) is 6.53. The Morgan fingerprint density at radius 2 is 1.89 bits per heavy atom. The first-order valence-corrected chi connectivity index (χ1v) is 9.33. The molecule has 28 heavy (non-hydrogen) atoms. The molecule has 0 saturated heterocycles. The lowest BCUT2D eigenvalue weighted by Crippen LogP contribution is -2.23. The van der Waals surface area contributed by atoms with Crippen molar-refractivity contribution in [3.63, 3.8) is 0 Å². The number of benzene rings is 2. The number of hydrogen-bond acceptors (Lipinski definition) is 3. The number of rotatable bonds is 4. The molecule has 138 valence electrons. The van der Waals surface area contributed by atoms with E-state index >= 15 is 0 Å². The van der Waals surface area contributed by atoms with Gasteiger partial charge in [-0.1, -0.05) is 54.1 Å². The number of halogens is 1. The van der Waals surface area contributed by atoms with Crippen LogP contribution in [0.15, 0.2) is 73.1 Å². The fourth-order valence-electron chi connectivity index (χ4n) is 3.13. The molecular weight excluding hydrogens is 370 g/mol. The Morgan fingerprint density at radius 1 is 1.07 bits per heavy atom. The van der Waals surface area contributed by atoms with Crippen molar-refractivity contribution in [2.75, 3.05) is 0 Å². The summed E-state index contributed by atoms with van der Waals surface area (Å²) >= 11 is 6.31. The van der Waals surface area contributed by atoms with Crippen LogP contribution in [-0.4, -0.2) is 15.9 Å². The largest absolute Gasteiger partial charge is 0.348 e. The lowest BCUT2D eigenvalue weighted by Gasteiger charge is -2.13. The second kappa shape index (κ2) is 7.79. The molecule has 5 heteroatoms. The fraction of sp³-hybridized carbons (Fsp3) is 0.0870. The van der Waals surface area contributed by atoms with Gasteiger partial charge in [0.05, 0.1) is 16.8 Å². The minimum Gasteiger partial charge on any atom is -0.348 e. The van der Waals surface area contributed by atoms with Gasteiger partial charge in [-0.3, -0.25) is 9.78 Å². The monoisotopic (exact) mass is 387 g/mol. The molecule has 0 aliphatic heterocycles. The zero-order chi connectivity index (χ0) is 19.5. The van der Waals surface area contributed by atoms with E-state index in [1.165, 1.54) is 0 Å². The highest BCUT2D eigenvalue weighted by Gasteiger charge is 2.16. The van der Waals surface area contributed by atoms with Gasteiger partial charge in [0.15, 0.2) is 0 Å². The number of carbonyl (C=O) groups is 1. The number of carbonyl (C=O) groups excluding carboxylic acids is 1. The van der Waals surface area contributed by atoms with E-state index in [2.05, 4.69) is 10.3 Å². The van der Waals surface area contributed by atoms with Crippen LogP contribution in [0.5, 0.6) is 0 Å². The molecule has 0 saturated carbocycles. The standard InChI is InChI=1S/C23H18ClN3O/c1-15-20(24)10-9-18-19(23(28)26-14-16-6-5-11-25-13-16)12-21(27-22(15)18)17-7-3-2-4-8-17/h2-13H,14H2,1H3,(H,26,28). The van der Waals surface area contributed by atoms with Crippen molar-refractivity contribution in [3.8, 4) is 11.3 Å². The van der Waals surface area contributed by atoms with Crippen molar-refractivity contribution in [1.29, 1.82) is 0 Å². The van der Waals surface area contributed by atoms with Crippen LogP contribution in [0.25, 0.3) is 22.2 Å². The predicted molar refractivity (Wildman–Crippen MR) is 112 cm³/mol. The number of pyridine rings is 2. The molecular formula is C23H18ClN3O. The Morgan fingerprint density at radius 3 is 2.64 bits per heavy atom. The topological polar surface area (TPSA) is 54.9 Å². The first-order chi connectivity index (χ1) is 13.6. The minimum atomic E-state index is -0.157. The molecule has 0 bridgehead atoms. The smallest absolute Gasteiger partial charge is 0.252 e. The maximum Gasteiger partial charge on any atom is 0.252 e. The Balaban J connectivity index is 1.79. The van der Waals surface area contributed by atoms with Gasteiger partial charge < -0.3 is 5.32 Å². The molecule has 4 rings (SSSR count). The third-order valence-corrected chi connectivity index (χ3v) is 5.07. The highest BCUT2D eigenvalue weighted by molar-refractivity contribution is 6.32. The van der Waals surface area contributed by atoms with E-state index in [9.17, 15) is 4.79 Å². The van der Waals surface area contributed by atoms with Crippen LogP contribution >= 0.6 is 11.6 Å². The van der Waals surface area contributed by atoms with Crippen molar-refractivity contribution in [3.05, 3.63) is 94.8 Å². The molecule has 4 aromatic rings. The van der Waals surface area contributed by atoms with Crippen LogP contribution in [0.4, 0.5) is 0 Å². The summed E-state index contributed by atoms with van der Waals surface area (Å²) in [5.74, 6) is -0.157.